The molecule has 0 saturated heterocycles. The molecule has 0 atom stereocenters. The normalized spacial score (nSPS) is 14.8. The summed E-state index contributed by atoms with van der Waals surface area (Å²) in [7, 11) is 0. The summed E-state index contributed by atoms with van der Waals surface area (Å²) in [5.74, 6) is 0.855. The number of Topliss-reactive ketones (excluding diaryl/α,β-unsaturated/α-hetero) is 1. The second-order valence-electron chi connectivity index (χ2n) is 5.74. The number of rotatable bonds is 4. The van der Waals surface area contributed by atoms with Crippen molar-refractivity contribution in [3.63, 3.8) is 0 Å². The van der Waals surface area contributed by atoms with E-state index in [0.29, 0.717) is 12.3 Å². The highest BCUT2D eigenvalue weighted by atomic mass is 16.1. The van der Waals surface area contributed by atoms with Crippen molar-refractivity contribution in [3.05, 3.63) is 70.8 Å². The second kappa shape index (κ2) is 5.62. The molecule has 2 aromatic carbocycles. The van der Waals surface area contributed by atoms with Gasteiger partial charge in [-0.2, -0.15) is 0 Å². The molecule has 0 spiro atoms. The molecule has 1 fully saturated rings. The molecule has 0 N–H and O–H groups in total. The Hall–Kier alpha value is -1.89. The van der Waals surface area contributed by atoms with Crippen molar-refractivity contribution in [2.24, 2.45) is 0 Å². The van der Waals surface area contributed by atoms with Gasteiger partial charge in [-0.05, 0) is 42.4 Å². The largest absolute Gasteiger partial charge is 0.294 e. The summed E-state index contributed by atoms with van der Waals surface area (Å²) in [6, 6.07) is 16.3. The summed E-state index contributed by atoms with van der Waals surface area (Å²) >= 11 is 0. The van der Waals surface area contributed by atoms with Gasteiger partial charge in [-0.1, -0.05) is 55.0 Å². The van der Waals surface area contributed by atoms with Gasteiger partial charge in [0, 0.05) is 12.0 Å². The molecule has 1 aliphatic rings. The average Bonchev–Trinajstić information content (AvgIpc) is 2.40. The zero-order chi connectivity index (χ0) is 13.9. The number of carbonyl (C=O) groups excluding carboxylic acids is 1. The molecular formula is C19H20O. The van der Waals surface area contributed by atoms with Crippen molar-refractivity contribution in [3.8, 4) is 0 Å². The van der Waals surface area contributed by atoms with E-state index in [1.54, 1.807) is 0 Å². The average molecular weight is 264 g/mol. The van der Waals surface area contributed by atoms with Crippen molar-refractivity contribution in [2.75, 3.05) is 0 Å². The van der Waals surface area contributed by atoms with Crippen LogP contribution in [0.1, 0.15) is 52.2 Å². The molecule has 2 aromatic rings. The summed E-state index contributed by atoms with van der Waals surface area (Å²) in [4.78, 5) is 12.6. The molecule has 0 radical (unpaired) electrons. The van der Waals surface area contributed by atoms with Gasteiger partial charge in [0.2, 0.25) is 0 Å². The van der Waals surface area contributed by atoms with Gasteiger partial charge in [-0.25, -0.2) is 0 Å². The fraction of sp³-hybridized carbons (Fsp3) is 0.316. The quantitative estimate of drug-likeness (QED) is 0.732. The zero-order valence-electron chi connectivity index (χ0n) is 11.9. The lowest BCUT2D eigenvalue weighted by molar-refractivity contribution is 0.0990. The van der Waals surface area contributed by atoms with Gasteiger partial charge in [-0.15, -0.1) is 0 Å². The first-order chi connectivity index (χ1) is 9.75. The van der Waals surface area contributed by atoms with Crippen molar-refractivity contribution in [1.82, 2.24) is 0 Å². The third-order valence-corrected chi connectivity index (χ3v) is 4.42. The van der Waals surface area contributed by atoms with Gasteiger partial charge in [0.25, 0.3) is 0 Å². The Bertz CT molecular complexity index is 623. The first-order valence-corrected chi connectivity index (χ1v) is 7.42. The fourth-order valence-electron chi connectivity index (χ4n) is 2.90. The molecule has 0 aromatic heterocycles. The Morgan fingerprint density at radius 2 is 1.75 bits per heavy atom. The van der Waals surface area contributed by atoms with Gasteiger partial charge >= 0.3 is 0 Å². The molecule has 0 bridgehead atoms. The van der Waals surface area contributed by atoms with Crippen LogP contribution < -0.4 is 0 Å². The summed E-state index contributed by atoms with van der Waals surface area (Å²) in [6.45, 7) is 2.07. The van der Waals surface area contributed by atoms with E-state index in [0.717, 1.165) is 11.1 Å². The standard InChI is InChI=1S/C19H20O/c1-14-7-2-3-8-16(14)13-19(20)18-12-5-4-11-17(18)15-9-6-10-15/h2-5,7-8,11-12,15H,6,9-10,13H2,1H3. The highest BCUT2D eigenvalue weighted by Crippen LogP contribution is 2.38. The van der Waals surface area contributed by atoms with Gasteiger partial charge in [0.15, 0.2) is 5.78 Å². The Morgan fingerprint density at radius 3 is 2.45 bits per heavy atom. The van der Waals surface area contributed by atoms with E-state index >= 15 is 0 Å². The van der Waals surface area contributed by atoms with Crippen LogP contribution >= 0.6 is 0 Å². The topological polar surface area (TPSA) is 17.1 Å². The van der Waals surface area contributed by atoms with E-state index in [1.807, 2.05) is 24.3 Å². The minimum Gasteiger partial charge on any atom is -0.294 e. The van der Waals surface area contributed by atoms with Crippen LogP contribution in [0.2, 0.25) is 0 Å². The number of benzene rings is 2. The summed E-state index contributed by atoms with van der Waals surface area (Å²) in [5.41, 5.74) is 4.53. The Balaban J connectivity index is 1.86. The van der Waals surface area contributed by atoms with E-state index in [-0.39, 0.29) is 5.78 Å². The predicted octanol–water partition coefficient (Wildman–Crippen LogP) is 4.69. The van der Waals surface area contributed by atoms with E-state index in [4.69, 9.17) is 0 Å². The monoisotopic (exact) mass is 264 g/mol. The number of hydrogen-bond donors (Lipinski definition) is 0. The zero-order valence-corrected chi connectivity index (χ0v) is 11.9. The van der Waals surface area contributed by atoms with Crippen LogP contribution in [0, 0.1) is 6.92 Å². The maximum atomic E-state index is 12.6. The van der Waals surface area contributed by atoms with Crippen LogP contribution in [0.25, 0.3) is 0 Å². The van der Waals surface area contributed by atoms with Crippen molar-refractivity contribution >= 4 is 5.78 Å². The lowest BCUT2D eigenvalue weighted by atomic mass is 9.77. The molecule has 0 aliphatic heterocycles. The van der Waals surface area contributed by atoms with Crippen LogP contribution in [0.3, 0.4) is 0 Å². The fourth-order valence-corrected chi connectivity index (χ4v) is 2.90. The highest BCUT2D eigenvalue weighted by molar-refractivity contribution is 5.99. The number of hydrogen-bond acceptors (Lipinski definition) is 1. The first-order valence-electron chi connectivity index (χ1n) is 7.42. The van der Waals surface area contributed by atoms with Crippen LogP contribution in [0.4, 0.5) is 0 Å². The third-order valence-electron chi connectivity index (χ3n) is 4.42. The molecule has 0 heterocycles. The summed E-state index contributed by atoms with van der Waals surface area (Å²) < 4.78 is 0. The van der Waals surface area contributed by atoms with Crippen LogP contribution in [0.5, 0.6) is 0 Å². The molecule has 1 heteroatoms. The lowest BCUT2D eigenvalue weighted by Crippen LogP contribution is -2.15. The number of carbonyl (C=O) groups is 1. The minimum absolute atomic E-state index is 0.252. The minimum atomic E-state index is 0.252. The van der Waals surface area contributed by atoms with Gasteiger partial charge in [-0.3, -0.25) is 4.79 Å². The van der Waals surface area contributed by atoms with Crippen LogP contribution in [0.15, 0.2) is 48.5 Å². The highest BCUT2D eigenvalue weighted by Gasteiger charge is 2.24. The molecule has 0 amide bonds. The van der Waals surface area contributed by atoms with E-state index in [9.17, 15) is 4.79 Å². The molecule has 1 nitrogen and oxygen atoms in total. The first kappa shape index (κ1) is 13.1. The van der Waals surface area contributed by atoms with E-state index in [2.05, 4.69) is 31.2 Å². The van der Waals surface area contributed by atoms with E-state index < -0.39 is 0 Å². The maximum Gasteiger partial charge on any atom is 0.167 e. The predicted molar refractivity (Wildman–Crippen MR) is 82.2 cm³/mol. The second-order valence-corrected chi connectivity index (χ2v) is 5.74. The SMILES string of the molecule is Cc1ccccc1CC(=O)c1ccccc1C1CCC1. The maximum absolute atomic E-state index is 12.6. The number of ketones is 1. The Morgan fingerprint density at radius 1 is 1.05 bits per heavy atom. The molecule has 0 unspecified atom stereocenters. The molecule has 102 valence electrons. The van der Waals surface area contributed by atoms with Crippen molar-refractivity contribution in [2.45, 2.75) is 38.5 Å². The Labute approximate surface area is 120 Å². The molecule has 1 saturated carbocycles. The van der Waals surface area contributed by atoms with Crippen molar-refractivity contribution in [1.29, 1.82) is 0 Å². The number of aryl methyl sites for hydroxylation is 1. The van der Waals surface area contributed by atoms with Gasteiger partial charge in [0.05, 0.1) is 0 Å². The Kier molecular flexibility index (Phi) is 3.68. The van der Waals surface area contributed by atoms with Crippen LogP contribution in [-0.4, -0.2) is 5.78 Å². The summed E-state index contributed by atoms with van der Waals surface area (Å²) in [6.07, 6.45) is 4.27. The summed E-state index contributed by atoms with van der Waals surface area (Å²) in [5, 5.41) is 0. The van der Waals surface area contributed by atoms with Gasteiger partial charge in [0.1, 0.15) is 0 Å². The molecule has 20 heavy (non-hydrogen) atoms. The van der Waals surface area contributed by atoms with Gasteiger partial charge < -0.3 is 0 Å². The lowest BCUT2D eigenvalue weighted by Gasteiger charge is -2.27. The molecule has 3 rings (SSSR count). The van der Waals surface area contributed by atoms with E-state index in [1.165, 1.54) is 30.4 Å². The molecular weight excluding hydrogens is 244 g/mol. The van der Waals surface area contributed by atoms with Crippen molar-refractivity contribution < 1.29 is 4.79 Å². The van der Waals surface area contributed by atoms with Crippen LogP contribution in [-0.2, 0) is 6.42 Å². The molecule has 1 aliphatic carbocycles. The smallest absolute Gasteiger partial charge is 0.167 e. The third kappa shape index (κ3) is 2.53.